The number of rotatable bonds is 12. The van der Waals surface area contributed by atoms with Crippen LogP contribution in [0.4, 0.5) is 5.69 Å². The molecule has 1 N–H and O–H groups in total. The van der Waals surface area contributed by atoms with Crippen LogP contribution < -0.4 is 9.62 Å². The number of amides is 2. The van der Waals surface area contributed by atoms with Crippen LogP contribution in [0, 0.1) is 6.92 Å². The van der Waals surface area contributed by atoms with Gasteiger partial charge >= 0.3 is 0 Å². The molecule has 2 aromatic rings. The summed E-state index contributed by atoms with van der Waals surface area (Å²) in [6.45, 7) is 6.43. The summed E-state index contributed by atoms with van der Waals surface area (Å²) >= 11 is 6.32. The minimum absolute atomic E-state index is 0.0955. The van der Waals surface area contributed by atoms with Gasteiger partial charge in [0.2, 0.25) is 21.8 Å². The van der Waals surface area contributed by atoms with Crippen LogP contribution in [0.1, 0.15) is 44.2 Å². The van der Waals surface area contributed by atoms with Crippen molar-refractivity contribution in [2.75, 3.05) is 23.7 Å². The predicted octanol–water partition coefficient (Wildman–Crippen LogP) is 4.14. The highest BCUT2D eigenvalue weighted by molar-refractivity contribution is 7.92. The largest absolute Gasteiger partial charge is 0.355 e. The molecule has 186 valence electrons. The number of aryl methyl sites for hydroxylation is 1. The first kappa shape index (κ1) is 27.7. The maximum absolute atomic E-state index is 13.3. The van der Waals surface area contributed by atoms with Crippen LogP contribution in [-0.2, 0) is 26.2 Å². The third-order valence-corrected chi connectivity index (χ3v) is 7.07. The van der Waals surface area contributed by atoms with Crippen molar-refractivity contribution in [2.24, 2.45) is 0 Å². The topological polar surface area (TPSA) is 86.8 Å². The van der Waals surface area contributed by atoms with Crippen molar-refractivity contribution in [1.82, 2.24) is 10.2 Å². The molecule has 2 amide bonds. The summed E-state index contributed by atoms with van der Waals surface area (Å²) in [5.74, 6) is -0.446. The highest BCUT2D eigenvalue weighted by atomic mass is 35.5. The fraction of sp³-hybridized carbons (Fsp3) is 0.440. The van der Waals surface area contributed by atoms with Crippen LogP contribution in [0.3, 0.4) is 0 Å². The van der Waals surface area contributed by atoms with Crippen LogP contribution in [0.25, 0.3) is 0 Å². The van der Waals surface area contributed by atoms with Crippen molar-refractivity contribution in [3.05, 3.63) is 64.7 Å². The van der Waals surface area contributed by atoms with Gasteiger partial charge in [-0.1, -0.05) is 54.4 Å². The van der Waals surface area contributed by atoms with E-state index in [0.29, 0.717) is 30.1 Å². The minimum Gasteiger partial charge on any atom is -0.355 e. The van der Waals surface area contributed by atoms with Crippen LogP contribution >= 0.6 is 11.6 Å². The Kier molecular flexibility index (Phi) is 10.4. The van der Waals surface area contributed by atoms with E-state index >= 15 is 0 Å². The maximum Gasteiger partial charge on any atom is 0.242 e. The normalized spacial score (nSPS) is 12.1. The molecule has 0 aliphatic rings. The Morgan fingerprint density at radius 3 is 2.26 bits per heavy atom. The Bertz CT molecular complexity index is 1070. The van der Waals surface area contributed by atoms with Crippen molar-refractivity contribution in [3.63, 3.8) is 0 Å². The van der Waals surface area contributed by atoms with Crippen LogP contribution in [0.2, 0.25) is 5.02 Å². The quantitative estimate of drug-likeness (QED) is 0.467. The number of hydrogen-bond acceptors (Lipinski definition) is 4. The van der Waals surface area contributed by atoms with Crippen molar-refractivity contribution in [3.8, 4) is 0 Å². The molecule has 0 aliphatic carbocycles. The van der Waals surface area contributed by atoms with E-state index in [9.17, 15) is 18.0 Å². The number of likely N-dealkylation sites (N-methyl/N-ethyl adjacent to an activating group) is 1. The first-order chi connectivity index (χ1) is 16.1. The van der Waals surface area contributed by atoms with Crippen LogP contribution in [0.15, 0.2) is 48.5 Å². The number of sulfonamides is 1. The number of hydrogen-bond donors (Lipinski definition) is 1. The van der Waals surface area contributed by atoms with Gasteiger partial charge in [0.15, 0.2) is 0 Å². The molecule has 0 aliphatic heterocycles. The van der Waals surface area contributed by atoms with E-state index in [-0.39, 0.29) is 31.3 Å². The molecule has 0 aromatic heterocycles. The summed E-state index contributed by atoms with van der Waals surface area (Å²) in [4.78, 5) is 27.6. The number of nitrogens with one attached hydrogen (secondary N) is 1. The molecule has 34 heavy (non-hydrogen) atoms. The van der Waals surface area contributed by atoms with Gasteiger partial charge in [-0.3, -0.25) is 13.9 Å². The zero-order valence-corrected chi connectivity index (χ0v) is 21.8. The summed E-state index contributed by atoms with van der Waals surface area (Å²) in [5, 5.41) is 3.32. The summed E-state index contributed by atoms with van der Waals surface area (Å²) in [7, 11) is -3.52. The van der Waals surface area contributed by atoms with E-state index in [1.165, 1.54) is 4.31 Å². The van der Waals surface area contributed by atoms with Gasteiger partial charge in [-0.05, 0) is 50.5 Å². The molecule has 0 saturated carbocycles. The maximum atomic E-state index is 13.3. The summed E-state index contributed by atoms with van der Waals surface area (Å²) < 4.78 is 26.1. The van der Waals surface area contributed by atoms with Crippen molar-refractivity contribution in [1.29, 1.82) is 0 Å². The van der Waals surface area contributed by atoms with E-state index in [2.05, 4.69) is 5.32 Å². The third-order valence-electron chi connectivity index (χ3n) is 5.51. The second-order valence-corrected chi connectivity index (χ2v) is 10.5. The average Bonchev–Trinajstić information content (AvgIpc) is 2.78. The number of halogens is 1. The van der Waals surface area contributed by atoms with Gasteiger partial charge in [0.1, 0.15) is 6.04 Å². The second kappa shape index (κ2) is 12.8. The first-order valence-corrected chi connectivity index (χ1v) is 13.7. The molecule has 7 nitrogen and oxygen atoms in total. The molecule has 0 unspecified atom stereocenters. The molecule has 1 atom stereocenters. The first-order valence-electron chi connectivity index (χ1n) is 11.4. The average molecular weight is 508 g/mol. The second-order valence-electron chi connectivity index (χ2n) is 8.21. The van der Waals surface area contributed by atoms with Crippen molar-refractivity contribution in [2.45, 2.75) is 52.6 Å². The van der Waals surface area contributed by atoms with E-state index in [4.69, 9.17) is 11.6 Å². The molecule has 0 spiro atoms. The lowest BCUT2D eigenvalue weighted by Crippen LogP contribution is -2.49. The Hall–Kier alpha value is -2.58. The minimum atomic E-state index is -3.52. The third kappa shape index (κ3) is 7.74. The Balaban J connectivity index is 2.20. The van der Waals surface area contributed by atoms with E-state index < -0.39 is 16.1 Å². The van der Waals surface area contributed by atoms with E-state index in [1.807, 2.05) is 51.1 Å². The molecular weight excluding hydrogens is 474 g/mol. The summed E-state index contributed by atoms with van der Waals surface area (Å²) in [5.41, 5.74) is 2.33. The Labute approximate surface area is 208 Å². The number of anilines is 1. The number of nitrogens with zero attached hydrogens (tertiary/aromatic N) is 2. The molecule has 0 fully saturated rings. The summed E-state index contributed by atoms with van der Waals surface area (Å²) in [6.07, 6.45) is 2.00. The molecule has 2 aromatic carbocycles. The standard InChI is InChI=1S/C25H34ClN3O4S/c1-5-23(25(31)27-6-2)28(18-20-10-7-8-11-22(20)26)24(30)12-9-17-29(34(4,32)33)21-15-13-19(3)14-16-21/h7-8,10-11,13-16,23H,5-6,9,12,17-18H2,1-4H3,(H,27,31)/t23-/m1/s1. The zero-order chi connectivity index (χ0) is 25.3. The predicted molar refractivity (Wildman–Crippen MR) is 137 cm³/mol. The van der Waals surface area contributed by atoms with Crippen molar-refractivity contribution < 1.29 is 18.0 Å². The molecule has 0 heterocycles. The fourth-order valence-corrected chi connectivity index (χ4v) is 4.90. The lowest BCUT2D eigenvalue weighted by atomic mass is 10.1. The zero-order valence-electron chi connectivity index (χ0n) is 20.3. The highest BCUT2D eigenvalue weighted by Crippen LogP contribution is 2.22. The van der Waals surface area contributed by atoms with Gasteiger partial charge in [-0.25, -0.2) is 8.42 Å². The molecular formula is C25H34ClN3O4S. The van der Waals surface area contributed by atoms with Gasteiger partial charge in [0, 0.05) is 31.1 Å². The van der Waals surface area contributed by atoms with Crippen LogP contribution in [-0.4, -0.2) is 50.5 Å². The molecule has 2 rings (SSSR count). The fourth-order valence-electron chi connectivity index (χ4n) is 3.74. The number of carbonyl (C=O) groups excluding carboxylic acids is 2. The Morgan fingerprint density at radius 2 is 1.71 bits per heavy atom. The number of benzene rings is 2. The number of carbonyl (C=O) groups is 2. The monoisotopic (exact) mass is 507 g/mol. The summed E-state index contributed by atoms with van der Waals surface area (Å²) in [6, 6.07) is 13.8. The molecule has 0 bridgehead atoms. The van der Waals surface area contributed by atoms with E-state index in [1.54, 1.807) is 23.1 Å². The van der Waals surface area contributed by atoms with Gasteiger partial charge in [0.25, 0.3) is 0 Å². The van der Waals surface area contributed by atoms with Gasteiger partial charge < -0.3 is 10.2 Å². The molecule has 0 radical (unpaired) electrons. The van der Waals surface area contributed by atoms with Crippen molar-refractivity contribution >= 4 is 39.1 Å². The molecule has 0 saturated heterocycles. The van der Waals surface area contributed by atoms with Gasteiger partial charge in [0.05, 0.1) is 11.9 Å². The Morgan fingerprint density at radius 1 is 1.06 bits per heavy atom. The van der Waals surface area contributed by atoms with Crippen LogP contribution in [0.5, 0.6) is 0 Å². The smallest absolute Gasteiger partial charge is 0.242 e. The van der Waals surface area contributed by atoms with E-state index in [0.717, 1.165) is 17.4 Å². The lowest BCUT2D eigenvalue weighted by molar-refractivity contribution is -0.141. The lowest BCUT2D eigenvalue weighted by Gasteiger charge is -2.31. The molecule has 9 heteroatoms. The highest BCUT2D eigenvalue weighted by Gasteiger charge is 2.29. The SMILES string of the molecule is CCNC(=O)[C@@H](CC)N(Cc1ccccc1Cl)C(=O)CCCN(c1ccc(C)cc1)S(C)(=O)=O. The van der Waals surface area contributed by atoms with Gasteiger partial charge in [-0.2, -0.15) is 0 Å². The van der Waals surface area contributed by atoms with Gasteiger partial charge in [-0.15, -0.1) is 0 Å².